The minimum absolute atomic E-state index is 0.0654. The highest BCUT2D eigenvalue weighted by molar-refractivity contribution is 5.76. The molecule has 0 N–H and O–H groups in total. The zero-order valence-electron chi connectivity index (χ0n) is 16.8. The van der Waals surface area contributed by atoms with Crippen LogP contribution in [0.4, 0.5) is 11.4 Å². The molecule has 0 radical (unpaired) electrons. The fourth-order valence-electron chi connectivity index (χ4n) is 3.58. The lowest BCUT2D eigenvalue weighted by Crippen LogP contribution is -2.50. The molecule has 0 atom stereocenters. The number of aromatic nitrogens is 2. The third-order valence-corrected chi connectivity index (χ3v) is 5.26. The third-order valence-electron chi connectivity index (χ3n) is 5.26. The largest absolute Gasteiger partial charge is 0.368 e. The number of para-hydroxylation sites is 1. The molecule has 1 aromatic heterocycles. The van der Waals surface area contributed by atoms with Gasteiger partial charge in [-0.25, -0.2) is 4.68 Å². The van der Waals surface area contributed by atoms with Crippen molar-refractivity contribution in [3.8, 4) is 11.3 Å². The van der Waals surface area contributed by atoms with Crippen molar-refractivity contribution in [1.82, 2.24) is 14.7 Å². The minimum atomic E-state index is -0.488. The number of rotatable bonds is 5. The molecular weight excluding hydrogens is 398 g/mol. The van der Waals surface area contributed by atoms with Gasteiger partial charge < -0.3 is 9.80 Å². The van der Waals surface area contributed by atoms with Crippen molar-refractivity contribution in [3.05, 3.63) is 87.2 Å². The van der Waals surface area contributed by atoms with Crippen molar-refractivity contribution < 1.29 is 9.72 Å². The number of hydrogen-bond acceptors (Lipinski definition) is 6. The highest BCUT2D eigenvalue weighted by Crippen LogP contribution is 2.21. The smallest absolute Gasteiger partial charge is 0.270 e. The first-order valence-electron chi connectivity index (χ1n) is 9.92. The molecule has 1 aliphatic rings. The molecule has 0 spiro atoms. The van der Waals surface area contributed by atoms with E-state index in [-0.39, 0.29) is 18.1 Å². The van der Waals surface area contributed by atoms with E-state index in [9.17, 15) is 19.7 Å². The van der Waals surface area contributed by atoms with Crippen molar-refractivity contribution in [2.45, 2.75) is 6.54 Å². The van der Waals surface area contributed by atoms with Crippen LogP contribution in [0.25, 0.3) is 11.3 Å². The van der Waals surface area contributed by atoms with Gasteiger partial charge in [-0.15, -0.1) is 0 Å². The zero-order valence-corrected chi connectivity index (χ0v) is 16.8. The molecule has 3 aromatic rings. The lowest BCUT2D eigenvalue weighted by atomic mass is 10.1. The Morgan fingerprint density at radius 1 is 0.968 bits per heavy atom. The number of non-ortho nitro benzene ring substituents is 1. The van der Waals surface area contributed by atoms with E-state index in [2.05, 4.69) is 10.00 Å². The van der Waals surface area contributed by atoms with Gasteiger partial charge in [0, 0.05) is 55.6 Å². The lowest BCUT2D eigenvalue weighted by Gasteiger charge is -2.36. The van der Waals surface area contributed by atoms with Crippen LogP contribution < -0.4 is 10.5 Å². The maximum absolute atomic E-state index is 12.8. The molecule has 0 unspecified atom stereocenters. The molecule has 0 aliphatic carbocycles. The minimum Gasteiger partial charge on any atom is -0.368 e. The van der Waals surface area contributed by atoms with Crippen LogP contribution in [0.5, 0.6) is 0 Å². The predicted molar refractivity (Wildman–Crippen MR) is 116 cm³/mol. The van der Waals surface area contributed by atoms with Crippen molar-refractivity contribution in [1.29, 1.82) is 0 Å². The summed E-state index contributed by atoms with van der Waals surface area (Å²) in [7, 11) is 0. The van der Waals surface area contributed by atoms with E-state index in [0.29, 0.717) is 37.4 Å². The number of anilines is 1. The predicted octanol–water partition coefficient (Wildman–Crippen LogP) is 2.17. The van der Waals surface area contributed by atoms with Crippen LogP contribution in [0.15, 0.2) is 71.5 Å². The third kappa shape index (κ3) is 4.61. The molecule has 31 heavy (non-hydrogen) atoms. The van der Waals surface area contributed by atoms with Crippen molar-refractivity contribution in [2.75, 3.05) is 31.1 Å². The summed E-state index contributed by atoms with van der Waals surface area (Å²) >= 11 is 0. The van der Waals surface area contributed by atoms with E-state index >= 15 is 0 Å². The molecule has 158 valence electrons. The highest BCUT2D eigenvalue weighted by atomic mass is 16.6. The van der Waals surface area contributed by atoms with E-state index in [1.54, 1.807) is 17.0 Å². The van der Waals surface area contributed by atoms with Gasteiger partial charge in [0.2, 0.25) is 5.91 Å². The molecule has 1 amide bonds. The summed E-state index contributed by atoms with van der Waals surface area (Å²) < 4.78 is 1.11. The molecule has 1 saturated heterocycles. The second-order valence-electron chi connectivity index (χ2n) is 7.23. The normalized spacial score (nSPS) is 13.8. The van der Waals surface area contributed by atoms with Crippen LogP contribution in [-0.2, 0) is 11.3 Å². The number of carbonyl (C=O) groups excluding carboxylic acids is 1. The first kappa shape index (κ1) is 20.3. The van der Waals surface area contributed by atoms with Gasteiger partial charge in [-0.1, -0.05) is 30.3 Å². The average Bonchev–Trinajstić information content (AvgIpc) is 2.81. The molecule has 2 aromatic carbocycles. The average molecular weight is 419 g/mol. The van der Waals surface area contributed by atoms with Crippen LogP contribution in [-0.4, -0.2) is 51.7 Å². The Morgan fingerprint density at radius 2 is 1.71 bits per heavy atom. The summed E-state index contributed by atoms with van der Waals surface area (Å²) in [4.78, 5) is 39.5. The van der Waals surface area contributed by atoms with Gasteiger partial charge in [0.25, 0.3) is 11.2 Å². The Bertz CT molecular complexity index is 1150. The summed E-state index contributed by atoms with van der Waals surface area (Å²) in [6.07, 6.45) is 0. The van der Waals surface area contributed by atoms with E-state index < -0.39 is 10.5 Å². The molecule has 1 aliphatic heterocycles. The molecule has 9 nitrogen and oxygen atoms in total. The van der Waals surface area contributed by atoms with Gasteiger partial charge in [0.1, 0.15) is 6.54 Å². The van der Waals surface area contributed by atoms with Crippen LogP contribution in [0, 0.1) is 10.1 Å². The number of carbonyl (C=O) groups is 1. The van der Waals surface area contributed by atoms with Gasteiger partial charge >= 0.3 is 0 Å². The number of nitrogens with zero attached hydrogens (tertiary/aromatic N) is 5. The summed E-state index contributed by atoms with van der Waals surface area (Å²) in [6, 6.07) is 18.9. The summed E-state index contributed by atoms with van der Waals surface area (Å²) in [5.41, 5.74) is 1.56. The number of hydrogen-bond donors (Lipinski definition) is 0. The van der Waals surface area contributed by atoms with E-state index in [1.165, 1.54) is 24.3 Å². The summed E-state index contributed by atoms with van der Waals surface area (Å²) in [6.45, 7) is 2.38. The Kier molecular flexibility index (Phi) is 5.74. The number of benzene rings is 2. The molecule has 4 rings (SSSR count). The molecule has 0 bridgehead atoms. The van der Waals surface area contributed by atoms with Gasteiger partial charge in [-0.3, -0.25) is 19.7 Å². The molecule has 1 fully saturated rings. The SMILES string of the molecule is O=C(Cn1nc(-c2cccc([N+](=O)[O-])c2)ccc1=O)N1CCN(c2ccccc2)CC1. The van der Waals surface area contributed by atoms with Crippen molar-refractivity contribution >= 4 is 17.3 Å². The van der Waals surface area contributed by atoms with Gasteiger partial charge in [0.15, 0.2) is 0 Å². The van der Waals surface area contributed by atoms with Gasteiger partial charge in [0.05, 0.1) is 10.6 Å². The van der Waals surface area contributed by atoms with Gasteiger partial charge in [-0.05, 0) is 18.2 Å². The second-order valence-corrected chi connectivity index (χ2v) is 7.23. The van der Waals surface area contributed by atoms with E-state index in [4.69, 9.17) is 0 Å². The van der Waals surface area contributed by atoms with Crippen LogP contribution in [0.2, 0.25) is 0 Å². The lowest BCUT2D eigenvalue weighted by molar-refractivity contribution is -0.384. The number of amides is 1. The van der Waals surface area contributed by atoms with Crippen molar-refractivity contribution in [2.24, 2.45) is 0 Å². The van der Waals surface area contributed by atoms with Gasteiger partial charge in [-0.2, -0.15) is 5.10 Å². The van der Waals surface area contributed by atoms with Crippen molar-refractivity contribution in [3.63, 3.8) is 0 Å². The Balaban J connectivity index is 1.45. The first-order valence-corrected chi connectivity index (χ1v) is 9.92. The standard InChI is InChI=1S/C22H21N5O4/c28-21-10-9-20(17-5-4-8-19(15-17)27(30)31)23-26(21)16-22(29)25-13-11-24(12-14-25)18-6-2-1-3-7-18/h1-10,15H,11-14,16H2. The van der Waals surface area contributed by atoms with Crippen LogP contribution >= 0.6 is 0 Å². The first-order chi connectivity index (χ1) is 15.0. The van der Waals surface area contributed by atoms with E-state index in [1.807, 2.05) is 30.3 Å². The van der Waals surface area contributed by atoms with Crippen LogP contribution in [0.3, 0.4) is 0 Å². The number of piperazine rings is 1. The fourth-order valence-corrected chi connectivity index (χ4v) is 3.58. The Morgan fingerprint density at radius 3 is 2.42 bits per heavy atom. The number of nitro groups is 1. The second kappa shape index (κ2) is 8.78. The Labute approximate surface area is 178 Å². The number of nitro benzene ring substituents is 1. The fraction of sp³-hybridized carbons (Fsp3) is 0.227. The monoisotopic (exact) mass is 419 g/mol. The molecular formula is C22H21N5O4. The molecule has 9 heteroatoms. The molecule has 0 saturated carbocycles. The highest BCUT2D eigenvalue weighted by Gasteiger charge is 2.22. The maximum Gasteiger partial charge on any atom is 0.270 e. The summed E-state index contributed by atoms with van der Waals surface area (Å²) in [5, 5.41) is 15.3. The molecule has 2 heterocycles. The topological polar surface area (TPSA) is 102 Å². The quantitative estimate of drug-likeness (QED) is 0.464. The van der Waals surface area contributed by atoms with E-state index in [0.717, 1.165) is 10.4 Å². The summed E-state index contributed by atoms with van der Waals surface area (Å²) in [5.74, 6) is -0.182. The Hall–Kier alpha value is -4.01. The van der Waals surface area contributed by atoms with Crippen LogP contribution in [0.1, 0.15) is 0 Å². The zero-order chi connectivity index (χ0) is 21.8. The maximum atomic E-state index is 12.8.